The molecule has 1 aliphatic carbocycles. The highest BCUT2D eigenvalue weighted by Gasteiger charge is 2.41. The van der Waals surface area contributed by atoms with Gasteiger partial charge in [0.1, 0.15) is 0 Å². The van der Waals surface area contributed by atoms with Crippen LogP contribution in [-0.2, 0) is 10.0 Å². The molecule has 0 aromatic heterocycles. The van der Waals surface area contributed by atoms with Crippen molar-refractivity contribution in [2.45, 2.75) is 31.6 Å². The molecule has 0 bridgehead atoms. The largest absolute Gasteiger partial charge is 0.252 e. The predicted molar refractivity (Wildman–Crippen MR) is 49.8 cm³/mol. The molecule has 0 aromatic rings. The number of hydrogen-bond acceptors (Lipinski definition) is 2. The summed E-state index contributed by atoms with van der Waals surface area (Å²) < 4.78 is 50.0. The molecule has 1 atom stereocenters. The van der Waals surface area contributed by atoms with E-state index in [0.29, 0.717) is 12.8 Å². The fourth-order valence-corrected chi connectivity index (χ4v) is 2.17. The summed E-state index contributed by atoms with van der Waals surface area (Å²) in [4.78, 5) is 0. The second-order valence-electron chi connectivity index (χ2n) is 3.82. The van der Waals surface area contributed by atoms with Crippen molar-refractivity contribution in [3.05, 3.63) is 0 Å². The van der Waals surface area contributed by atoms with Crippen LogP contribution in [0.1, 0.15) is 25.7 Å². The molecule has 14 heavy (non-hydrogen) atoms. The van der Waals surface area contributed by atoms with E-state index >= 15 is 0 Å². The fourth-order valence-electron chi connectivity index (χ4n) is 1.67. The maximum absolute atomic E-state index is 13.2. The van der Waals surface area contributed by atoms with E-state index in [1.165, 1.54) is 0 Å². The predicted octanol–water partition coefficient (Wildman–Crippen LogP) is 1.36. The second kappa shape index (κ2) is 4.10. The molecule has 1 aliphatic rings. The summed E-state index contributed by atoms with van der Waals surface area (Å²) in [6.07, 6.45) is 2.54. The zero-order valence-corrected chi connectivity index (χ0v) is 8.91. The second-order valence-corrected chi connectivity index (χ2v) is 5.66. The summed E-state index contributed by atoms with van der Waals surface area (Å²) in [5.41, 5.74) is 0. The lowest BCUT2D eigenvalue weighted by Gasteiger charge is -2.31. The highest BCUT2D eigenvalue weighted by Crippen LogP contribution is 2.37. The molecule has 3 nitrogen and oxygen atoms in total. The van der Waals surface area contributed by atoms with E-state index in [2.05, 4.69) is 4.72 Å². The Bertz CT molecular complexity index is 290. The van der Waals surface area contributed by atoms with Crippen LogP contribution in [0.2, 0.25) is 0 Å². The third-order valence-corrected chi connectivity index (χ3v) is 3.19. The van der Waals surface area contributed by atoms with Gasteiger partial charge >= 0.3 is 0 Å². The SMILES string of the molecule is CS(=O)(=O)NCC1CCCCC1(F)F. The molecule has 0 radical (unpaired) electrons. The van der Waals surface area contributed by atoms with Gasteiger partial charge in [0.05, 0.1) is 6.26 Å². The summed E-state index contributed by atoms with van der Waals surface area (Å²) in [5.74, 6) is -3.55. The Morgan fingerprint density at radius 1 is 1.43 bits per heavy atom. The van der Waals surface area contributed by atoms with Crippen molar-refractivity contribution < 1.29 is 17.2 Å². The Kier molecular flexibility index (Phi) is 3.47. The lowest BCUT2D eigenvalue weighted by molar-refractivity contribution is -0.0827. The van der Waals surface area contributed by atoms with Gasteiger partial charge in [-0.2, -0.15) is 0 Å². The number of halogens is 2. The lowest BCUT2D eigenvalue weighted by atomic mass is 9.86. The summed E-state index contributed by atoms with van der Waals surface area (Å²) in [6, 6.07) is 0. The van der Waals surface area contributed by atoms with Crippen LogP contribution in [0, 0.1) is 5.92 Å². The van der Waals surface area contributed by atoms with E-state index in [-0.39, 0.29) is 13.0 Å². The minimum Gasteiger partial charge on any atom is -0.215 e. The molecule has 0 amide bonds. The third-order valence-electron chi connectivity index (χ3n) is 2.50. The first kappa shape index (κ1) is 11.8. The molecule has 0 heterocycles. The van der Waals surface area contributed by atoms with Crippen molar-refractivity contribution in [2.24, 2.45) is 5.92 Å². The van der Waals surface area contributed by atoms with Crippen molar-refractivity contribution >= 4 is 10.0 Å². The van der Waals surface area contributed by atoms with Gasteiger partial charge in [-0.25, -0.2) is 21.9 Å². The number of sulfonamides is 1. The Labute approximate surface area is 82.9 Å². The van der Waals surface area contributed by atoms with Crippen molar-refractivity contribution in [2.75, 3.05) is 12.8 Å². The topological polar surface area (TPSA) is 46.2 Å². The fraction of sp³-hybridized carbons (Fsp3) is 1.00. The molecule has 6 heteroatoms. The Balaban J connectivity index is 2.50. The van der Waals surface area contributed by atoms with E-state index in [9.17, 15) is 17.2 Å². The van der Waals surface area contributed by atoms with Gasteiger partial charge < -0.3 is 0 Å². The van der Waals surface area contributed by atoms with Gasteiger partial charge in [0.2, 0.25) is 10.0 Å². The number of hydrogen-bond donors (Lipinski definition) is 1. The van der Waals surface area contributed by atoms with Crippen LogP contribution in [-0.4, -0.2) is 27.1 Å². The maximum atomic E-state index is 13.2. The van der Waals surface area contributed by atoms with Crippen molar-refractivity contribution in [1.29, 1.82) is 0 Å². The maximum Gasteiger partial charge on any atom is 0.252 e. The Morgan fingerprint density at radius 3 is 2.57 bits per heavy atom. The van der Waals surface area contributed by atoms with Crippen LogP contribution >= 0.6 is 0 Å². The van der Waals surface area contributed by atoms with Gasteiger partial charge in [0, 0.05) is 18.9 Å². The Hall–Kier alpha value is -0.230. The quantitative estimate of drug-likeness (QED) is 0.791. The zero-order valence-electron chi connectivity index (χ0n) is 8.09. The zero-order chi connectivity index (χ0) is 10.8. The highest BCUT2D eigenvalue weighted by atomic mass is 32.2. The molecule has 1 saturated carbocycles. The lowest BCUT2D eigenvalue weighted by Crippen LogP contribution is -2.40. The van der Waals surface area contributed by atoms with Crippen LogP contribution in [0.5, 0.6) is 0 Å². The van der Waals surface area contributed by atoms with Gasteiger partial charge in [-0.15, -0.1) is 0 Å². The first-order chi connectivity index (χ1) is 6.31. The molecule has 0 spiro atoms. The number of nitrogens with one attached hydrogen (secondary N) is 1. The smallest absolute Gasteiger partial charge is 0.215 e. The molecular formula is C8H15F2NO2S. The van der Waals surface area contributed by atoms with Gasteiger partial charge in [0.15, 0.2) is 0 Å². The first-order valence-corrected chi connectivity index (χ1v) is 6.53. The molecule has 84 valence electrons. The average molecular weight is 227 g/mol. The third kappa shape index (κ3) is 3.49. The molecule has 0 aromatic carbocycles. The molecule has 1 N–H and O–H groups in total. The monoisotopic (exact) mass is 227 g/mol. The summed E-state index contributed by atoms with van der Waals surface area (Å²) >= 11 is 0. The molecule has 1 unspecified atom stereocenters. The van der Waals surface area contributed by atoms with Gasteiger partial charge in [0.25, 0.3) is 5.92 Å². The summed E-state index contributed by atoms with van der Waals surface area (Å²) in [7, 11) is -3.36. The first-order valence-electron chi connectivity index (χ1n) is 4.64. The summed E-state index contributed by atoms with van der Waals surface area (Å²) in [6.45, 7) is -0.147. The average Bonchev–Trinajstić information content (AvgIpc) is 2.00. The van der Waals surface area contributed by atoms with Crippen molar-refractivity contribution in [3.63, 3.8) is 0 Å². The van der Waals surface area contributed by atoms with Crippen molar-refractivity contribution in [3.8, 4) is 0 Å². The number of rotatable bonds is 3. The molecule has 0 saturated heterocycles. The van der Waals surface area contributed by atoms with Crippen LogP contribution in [0.25, 0.3) is 0 Å². The van der Waals surface area contributed by atoms with Crippen LogP contribution in [0.3, 0.4) is 0 Å². The van der Waals surface area contributed by atoms with Crippen LogP contribution in [0.15, 0.2) is 0 Å². The van der Waals surface area contributed by atoms with Crippen LogP contribution < -0.4 is 4.72 Å². The number of alkyl halides is 2. The standard InChI is InChI=1S/C8H15F2NO2S/c1-14(12,13)11-6-7-4-2-3-5-8(7,9)10/h7,11H,2-6H2,1H3. The molecule has 1 rings (SSSR count). The van der Waals surface area contributed by atoms with Gasteiger partial charge in [-0.3, -0.25) is 0 Å². The molecule has 0 aliphatic heterocycles. The normalized spacial score (nSPS) is 27.5. The van der Waals surface area contributed by atoms with E-state index in [0.717, 1.165) is 12.7 Å². The van der Waals surface area contributed by atoms with Gasteiger partial charge in [-0.1, -0.05) is 6.42 Å². The minimum atomic E-state index is -3.36. The van der Waals surface area contributed by atoms with Crippen molar-refractivity contribution in [1.82, 2.24) is 4.72 Å². The van der Waals surface area contributed by atoms with Crippen LogP contribution in [0.4, 0.5) is 8.78 Å². The molecular weight excluding hydrogens is 212 g/mol. The minimum absolute atomic E-state index is 0.122. The molecule has 1 fully saturated rings. The van der Waals surface area contributed by atoms with E-state index in [1.807, 2.05) is 0 Å². The Morgan fingerprint density at radius 2 is 2.07 bits per heavy atom. The van der Waals surface area contributed by atoms with E-state index < -0.39 is 21.9 Å². The summed E-state index contributed by atoms with van der Waals surface area (Å²) in [5, 5.41) is 0. The van der Waals surface area contributed by atoms with E-state index in [1.54, 1.807) is 0 Å². The van der Waals surface area contributed by atoms with E-state index in [4.69, 9.17) is 0 Å². The highest BCUT2D eigenvalue weighted by molar-refractivity contribution is 7.88. The van der Waals surface area contributed by atoms with Gasteiger partial charge in [-0.05, 0) is 12.8 Å².